The Morgan fingerprint density at radius 2 is 0.731 bits per heavy atom. The number of nitrogens with two attached hydrogens (primary N) is 1. The van der Waals surface area contributed by atoms with Crippen molar-refractivity contribution in [3.63, 3.8) is 0 Å². The van der Waals surface area contributed by atoms with Gasteiger partial charge >= 0.3 is 0 Å². The lowest BCUT2D eigenvalue weighted by molar-refractivity contribution is -0.0111. The minimum Gasteiger partial charge on any atom is -0.382 e. The van der Waals surface area contributed by atoms with Crippen LogP contribution in [0.4, 0.5) is 0 Å². The average molecular weight is 383 g/mol. The molecule has 2 N–H and O–H groups in total. The Morgan fingerprint density at radius 3 is 1.04 bits per heavy atom. The van der Waals surface area contributed by atoms with E-state index in [-0.39, 0.29) is 6.04 Å². The molecular weight excluding hydrogens is 346 g/mol. The maximum Gasteiger partial charge on any atom is 0.0701 e. The molecule has 0 aromatic carbocycles. The molecule has 0 amide bonds. The van der Waals surface area contributed by atoms with Crippen LogP contribution in [0.2, 0.25) is 0 Å². The molecule has 0 rings (SSSR count). The zero-order valence-corrected chi connectivity index (χ0v) is 16.3. The number of hydrogen-bond donors (Lipinski definition) is 1. The van der Waals surface area contributed by atoms with E-state index in [9.17, 15) is 0 Å². The van der Waals surface area contributed by atoms with Gasteiger partial charge in [-0.3, -0.25) is 0 Å². The summed E-state index contributed by atoms with van der Waals surface area (Å²) in [5, 5.41) is 0. The minimum atomic E-state index is -0.162. The van der Waals surface area contributed by atoms with Crippen molar-refractivity contribution in [1.82, 2.24) is 0 Å². The summed E-state index contributed by atoms with van der Waals surface area (Å²) in [5.74, 6) is 0. The zero-order valence-electron chi connectivity index (χ0n) is 16.3. The van der Waals surface area contributed by atoms with Crippen molar-refractivity contribution in [3.05, 3.63) is 0 Å². The molecule has 0 saturated heterocycles. The number of methoxy groups -OCH3 is 2. The molecule has 0 bridgehead atoms. The predicted octanol–water partition coefficient (Wildman–Crippen LogP) is -0.294. The first-order valence-electron chi connectivity index (χ1n) is 9.01. The zero-order chi connectivity index (χ0) is 19.1. The molecule has 26 heavy (non-hydrogen) atoms. The van der Waals surface area contributed by atoms with Gasteiger partial charge in [-0.05, 0) is 0 Å². The highest BCUT2D eigenvalue weighted by Crippen LogP contribution is 1.88. The fourth-order valence-electron chi connectivity index (χ4n) is 1.68. The van der Waals surface area contributed by atoms with E-state index >= 15 is 0 Å². The van der Waals surface area contributed by atoms with Gasteiger partial charge in [0.2, 0.25) is 0 Å². The molecular formula is C17H37NO8. The molecule has 0 aromatic heterocycles. The average Bonchev–Trinajstić information content (AvgIpc) is 2.64. The molecule has 9 heteroatoms. The molecule has 0 aliphatic heterocycles. The minimum absolute atomic E-state index is 0.162. The van der Waals surface area contributed by atoms with Crippen LogP contribution in [-0.4, -0.2) is 113 Å². The summed E-state index contributed by atoms with van der Waals surface area (Å²) >= 11 is 0. The van der Waals surface area contributed by atoms with Crippen LogP contribution in [0, 0.1) is 0 Å². The normalized spacial score (nSPS) is 11.5. The van der Waals surface area contributed by atoms with Crippen molar-refractivity contribution in [2.24, 2.45) is 5.73 Å². The highest BCUT2D eigenvalue weighted by molar-refractivity contribution is 4.57. The molecule has 0 spiro atoms. The van der Waals surface area contributed by atoms with Crippen LogP contribution in [-0.2, 0) is 37.9 Å². The first-order chi connectivity index (χ1) is 12.8. The molecule has 0 unspecified atom stereocenters. The van der Waals surface area contributed by atoms with Crippen LogP contribution in [0.25, 0.3) is 0 Å². The van der Waals surface area contributed by atoms with E-state index in [1.165, 1.54) is 0 Å². The Bertz CT molecular complexity index is 237. The van der Waals surface area contributed by atoms with Gasteiger partial charge in [-0.15, -0.1) is 0 Å². The van der Waals surface area contributed by atoms with Gasteiger partial charge in [-0.2, -0.15) is 0 Å². The largest absolute Gasteiger partial charge is 0.382 e. The SMILES string of the molecule is COCCOCCOCCOCC(N)COCCOCCOCCOC. The van der Waals surface area contributed by atoms with Gasteiger partial charge in [0.05, 0.1) is 98.5 Å². The third kappa shape index (κ3) is 21.7. The maximum absolute atomic E-state index is 5.90. The molecule has 9 nitrogen and oxygen atoms in total. The first-order valence-corrected chi connectivity index (χ1v) is 9.01. The third-order valence-electron chi connectivity index (χ3n) is 3.02. The lowest BCUT2D eigenvalue weighted by atomic mass is 10.4. The summed E-state index contributed by atoms with van der Waals surface area (Å²) in [5.41, 5.74) is 5.90. The van der Waals surface area contributed by atoms with Gasteiger partial charge in [-0.25, -0.2) is 0 Å². The number of hydrogen-bond acceptors (Lipinski definition) is 9. The van der Waals surface area contributed by atoms with Crippen molar-refractivity contribution >= 4 is 0 Å². The van der Waals surface area contributed by atoms with E-state index in [0.29, 0.717) is 92.5 Å². The van der Waals surface area contributed by atoms with Crippen LogP contribution < -0.4 is 5.73 Å². The van der Waals surface area contributed by atoms with E-state index in [1.54, 1.807) is 14.2 Å². The van der Waals surface area contributed by atoms with Crippen molar-refractivity contribution < 1.29 is 37.9 Å². The molecule has 0 aliphatic rings. The lowest BCUT2D eigenvalue weighted by Crippen LogP contribution is -2.32. The summed E-state index contributed by atoms with van der Waals surface area (Å²) in [6.07, 6.45) is 0. The lowest BCUT2D eigenvalue weighted by Gasteiger charge is -2.13. The number of ether oxygens (including phenoxy) is 8. The van der Waals surface area contributed by atoms with Crippen molar-refractivity contribution in [1.29, 1.82) is 0 Å². The van der Waals surface area contributed by atoms with E-state index in [1.807, 2.05) is 0 Å². The highest BCUT2D eigenvalue weighted by atomic mass is 16.6. The Morgan fingerprint density at radius 1 is 0.462 bits per heavy atom. The van der Waals surface area contributed by atoms with Gasteiger partial charge in [0.25, 0.3) is 0 Å². The van der Waals surface area contributed by atoms with Gasteiger partial charge in [0.1, 0.15) is 0 Å². The second-order valence-corrected chi connectivity index (χ2v) is 5.34. The Hall–Kier alpha value is -0.360. The Labute approximate surface area is 157 Å². The molecule has 0 radical (unpaired) electrons. The molecule has 0 fully saturated rings. The Balaban J connectivity index is 3.12. The van der Waals surface area contributed by atoms with Crippen LogP contribution in [0.15, 0.2) is 0 Å². The summed E-state index contributed by atoms with van der Waals surface area (Å²) in [7, 11) is 3.28. The summed E-state index contributed by atoms with van der Waals surface area (Å²) in [4.78, 5) is 0. The molecule has 0 atom stereocenters. The second kappa shape index (κ2) is 22.7. The third-order valence-corrected chi connectivity index (χ3v) is 3.02. The van der Waals surface area contributed by atoms with E-state index in [2.05, 4.69) is 0 Å². The first kappa shape index (κ1) is 25.6. The fourth-order valence-corrected chi connectivity index (χ4v) is 1.68. The van der Waals surface area contributed by atoms with Crippen LogP contribution in [0.5, 0.6) is 0 Å². The van der Waals surface area contributed by atoms with Gasteiger partial charge in [0.15, 0.2) is 0 Å². The maximum atomic E-state index is 5.90. The van der Waals surface area contributed by atoms with E-state index in [0.717, 1.165) is 0 Å². The van der Waals surface area contributed by atoms with Crippen LogP contribution in [0.3, 0.4) is 0 Å². The molecule has 0 aliphatic carbocycles. The van der Waals surface area contributed by atoms with Gasteiger partial charge in [-0.1, -0.05) is 0 Å². The quantitative estimate of drug-likeness (QED) is 0.253. The fraction of sp³-hybridized carbons (Fsp3) is 1.00. The van der Waals surface area contributed by atoms with Crippen molar-refractivity contribution in [2.75, 3.05) is 107 Å². The van der Waals surface area contributed by atoms with Crippen LogP contribution >= 0.6 is 0 Å². The molecule has 0 saturated carbocycles. The smallest absolute Gasteiger partial charge is 0.0701 e. The molecule has 0 heterocycles. The highest BCUT2D eigenvalue weighted by Gasteiger charge is 2.03. The van der Waals surface area contributed by atoms with E-state index in [4.69, 9.17) is 43.6 Å². The van der Waals surface area contributed by atoms with Crippen molar-refractivity contribution in [2.45, 2.75) is 6.04 Å². The standard InChI is InChI=1S/C17H37NO8/c1-19-3-5-21-7-9-23-11-13-25-15-17(18)16-26-14-12-24-10-8-22-6-4-20-2/h17H,3-16,18H2,1-2H3. The summed E-state index contributed by atoms with van der Waals surface area (Å²) in [6, 6.07) is -0.162. The number of rotatable bonds is 22. The molecule has 0 aromatic rings. The molecule has 158 valence electrons. The second-order valence-electron chi connectivity index (χ2n) is 5.34. The monoisotopic (exact) mass is 383 g/mol. The predicted molar refractivity (Wildman–Crippen MR) is 96.6 cm³/mol. The van der Waals surface area contributed by atoms with Gasteiger partial charge in [0, 0.05) is 14.2 Å². The topological polar surface area (TPSA) is 99.9 Å². The van der Waals surface area contributed by atoms with Gasteiger partial charge < -0.3 is 43.6 Å². The summed E-state index contributed by atoms with van der Waals surface area (Å²) < 4.78 is 41.9. The van der Waals surface area contributed by atoms with Crippen LogP contribution in [0.1, 0.15) is 0 Å². The van der Waals surface area contributed by atoms with Crippen molar-refractivity contribution in [3.8, 4) is 0 Å². The Kier molecular flexibility index (Phi) is 22.4. The van der Waals surface area contributed by atoms with E-state index < -0.39 is 0 Å². The summed E-state index contributed by atoms with van der Waals surface area (Å²) in [6.45, 7) is 7.44.